The number of carboxylic acid groups (broad SMARTS) is 1. The third-order valence-corrected chi connectivity index (χ3v) is 17.1. The number of carboxylic acids is 1. The maximum Gasteiger partial charge on any atom is 0.309 e. The Balaban J connectivity index is 0.00000118. The zero-order valence-corrected chi connectivity index (χ0v) is 36.7. The van der Waals surface area contributed by atoms with Crippen LogP contribution in [0.4, 0.5) is 0 Å². The normalized spacial score (nSPS) is 40.5. The molecule has 0 aromatic heterocycles. The maximum atomic E-state index is 14.5. The summed E-state index contributed by atoms with van der Waals surface area (Å²) < 4.78 is 11.7. The van der Waals surface area contributed by atoms with Crippen molar-refractivity contribution in [3.8, 4) is 0 Å². The Kier molecular flexibility index (Phi) is 14.2. The smallest absolute Gasteiger partial charge is 0.309 e. The molecule has 0 radical (unpaired) electrons. The molecule has 57 heavy (non-hydrogen) atoms. The van der Waals surface area contributed by atoms with Crippen molar-refractivity contribution in [2.45, 2.75) is 165 Å². The van der Waals surface area contributed by atoms with Gasteiger partial charge in [0.1, 0.15) is 12.7 Å². The minimum absolute atomic E-state index is 0.0196. The number of allylic oxidation sites excluding steroid dienone is 1. The van der Waals surface area contributed by atoms with Gasteiger partial charge in [-0.05, 0) is 135 Å². The second-order valence-electron chi connectivity index (χ2n) is 19.5. The lowest BCUT2D eigenvalue weighted by atomic mass is 9.33. The van der Waals surface area contributed by atoms with Crippen molar-refractivity contribution < 1.29 is 33.8 Å². The van der Waals surface area contributed by atoms with Gasteiger partial charge in [0.05, 0.1) is 23.7 Å². The van der Waals surface area contributed by atoms with Crippen molar-refractivity contribution in [3.05, 3.63) is 48.6 Å². The summed E-state index contributed by atoms with van der Waals surface area (Å²) in [5.41, 5.74) is 1.20. The zero-order chi connectivity index (χ0) is 41.9. The Morgan fingerprint density at radius 3 is 2.21 bits per heavy atom. The van der Waals surface area contributed by atoms with Crippen molar-refractivity contribution >= 4 is 23.8 Å². The minimum Gasteiger partial charge on any atom is -0.481 e. The Hall–Kier alpha value is -3.16. The zero-order valence-electron chi connectivity index (χ0n) is 36.7. The molecule has 1 aromatic rings. The predicted molar refractivity (Wildman–Crippen MR) is 225 cm³/mol. The van der Waals surface area contributed by atoms with E-state index in [2.05, 4.69) is 46.5 Å². The number of carbonyl (C=O) groups excluding carboxylic acids is 3. The fraction of sp³-hybridized carbons (Fsp3) is 0.755. The molecule has 1 aromatic carbocycles. The van der Waals surface area contributed by atoms with Gasteiger partial charge in [-0.15, -0.1) is 6.58 Å². The summed E-state index contributed by atoms with van der Waals surface area (Å²) >= 11 is 0. The van der Waals surface area contributed by atoms with Gasteiger partial charge in [0, 0.05) is 6.04 Å². The quantitative estimate of drug-likeness (QED) is 0.189. The summed E-state index contributed by atoms with van der Waals surface area (Å²) in [7, 11) is 0. The van der Waals surface area contributed by atoms with Gasteiger partial charge in [-0.3, -0.25) is 19.2 Å². The number of aliphatic carboxylic acids is 1. The van der Waals surface area contributed by atoms with Crippen LogP contribution in [0.1, 0.15) is 151 Å². The van der Waals surface area contributed by atoms with E-state index < -0.39 is 11.9 Å². The lowest BCUT2D eigenvalue weighted by Gasteiger charge is -2.71. The highest BCUT2D eigenvalue weighted by Crippen LogP contribution is 2.76. The average Bonchev–Trinajstić information content (AvgIpc) is 3.63. The van der Waals surface area contributed by atoms with E-state index in [4.69, 9.17) is 9.47 Å². The van der Waals surface area contributed by atoms with E-state index in [1.807, 2.05) is 51.1 Å². The van der Waals surface area contributed by atoms with Gasteiger partial charge >= 0.3 is 17.9 Å². The average molecular weight is 790 g/mol. The maximum absolute atomic E-state index is 14.5. The van der Waals surface area contributed by atoms with E-state index >= 15 is 0 Å². The van der Waals surface area contributed by atoms with Crippen LogP contribution in [0, 0.1) is 69.0 Å². The van der Waals surface area contributed by atoms with Crippen LogP contribution in [0.5, 0.6) is 0 Å². The first kappa shape index (κ1) is 44.9. The molecule has 6 aliphatic carbocycles. The molecule has 7 rings (SSSR count). The van der Waals surface area contributed by atoms with Gasteiger partial charge < -0.3 is 19.9 Å². The molecule has 14 atom stereocenters. The molecule has 8 nitrogen and oxygen atoms in total. The van der Waals surface area contributed by atoms with Crippen LogP contribution in [0.15, 0.2) is 43.0 Å². The number of hydrogen-bond donors (Lipinski definition) is 2. The van der Waals surface area contributed by atoms with Crippen molar-refractivity contribution in [2.75, 3.05) is 0 Å². The number of ether oxygens (including phenoxy) is 2. The fourth-order valence-electron chi connectivity index (χ4n) is 13.7. The van der Waals surface area contributed by atoms with E-state index in [-0.39, 0.29) is 82.4 Å². The monoisotopic (exact) mass is 790 g/mol. The molecule has 6 aliphatic rings. The van der Waals surface area contributed by atoms with E-state index in [9.17, 15) is 24.3 Å². The third kappa shape index (κ3) is 8.10. The molecule has 6 saturated carbocycles. The molecule has 0 saturated heterocycles. The lowest BCUT2D eigenvalue weighted by molar-refractivity contribution is -0.234. The summed E-state index contributed by atoms with van der Waals surface area (Å²) in [5, 5.41) is 12.8. The molecule has 8 heteroatoms. The van der Waals surface area contributed by atoms with E-state index in [0.29, 0.717) is 30.1 Å². The second kappa shape index (κ2) is 18.0. The number of nitrogens with one attached hydrogen (secondary N) is 1. The molecular weight excluding hydrogens is 715 g/mol. The molecule has 0 spiro atoms. The molecule has 0 heterocycles. The highest BCUT2D eigenvalue weighted by atomic mass is 16.5. The van der Waals surface area contributed by atoms with Gasteiger partial charge in [0.25, 0.3) is 0 Å². The third-order valence-electron chi connectivity index (χ3n) is 17.1. The Labute approximate surface area is 344 Å². The first-order chi connectivity index (χ1) is 27.1. The van der Waals surface area contributed by atoms with Crippen molar-refractivity contribution in [1.82, 2.24) is 5.32 Å². The summed E-state index contributed by atoms with van der Waals surface area (Å²) in [4.78, 5) is 51.5. The lowest BCUT2D eigenvalue weighted by Crippen LogP contribution is -2.66. The van der Waals surface area contributed by atoms with Crippen LogP contribution in [-0.4, -0.2) is 41.1 Å². The predicted octanol–water partition coefficient (Wildman–Crippen LogP) is 10.6. The van der Waals surface area contributed by atoms with Crippen LogP contribution in [0.3, 0.4) is 0 Å². The van der Waals surface area contributed by atoms with E-state index in [1.54, 1.807) is 13.0 Å². The SMILES string of the molecule is C=CC.CC.CC(CC(=O)OC1CCC2(C)C(CCC3(C)C2CCC2C4CCCC4(C(=O)NC4CC(C(=O)OCc5ccccc5)C4C)CC[C@]23C)C1C)C(=O)O. The van der Waals surface area contributed by atoms with Gasteiger partial charge in [0.15, 0.2) is 0 Å². The molecule has 318 valence electrons. The summed E-state index contributed by atoms with van der Waals surface area (Å²) in [5.74, 6) is 0.129. The van der Waals surface area contributed by atoms with E-state index in [0.717, 1.165) is 56.9 Å². The standard InChI is InChI=1S/C44H63NO7.C3H6.C2H6/c1-26(38(47)48)23-37(46)52-35-17-19-41(4)31(28(35)3)16-20-43(6)36(41)15-14-32-33-13-10-18-44(33,22-21-42(32,43)5)40(50)45-34-24-30(27(34)2)39(49)51-25-29-11-8-7-9-12-29;1-3-2;1-2/h7-9,11-12,26-28,30-36H,10,13-25H2,1-6H3,(H,45,50)(H,47,48);3H,1H2,2H3;1-2H3/t26?,27?,28?,30?,31?,32?,33?,34?,35?,36?,41?,42-,43?,44?;;/m1../s1. The first-order valence-corrected chi connectivity index (χ1v) is 22.6. The number of rotatable bonds is 9. The van der Waals surface area contributed by atoms with Crippen LogP contribution < -0.4 is 5.32 Å². The Bertz CT molecular complexity index is 1590. The number of benzene rings is 1. The molecule has 1 amide bonds. The Morgan fingerprint density at radius 2 is 1.56 bits per heavy atom. The van der Waals surface area contributed by atoms with E-state index in [1.165, 1.54) is 19.3 Å². The molecule has 0 aliphatic heterocycles. The summed E-state index contributed by atoms with van der Waals surface area (Å²) in [6.07, 6.45) is 14.0. The summed E-state index contributed by atoms with van der Waals surface area (Å²) in [6.45, 7) is 23.2. The number of amides is 1. The van der Waals surface area contributed by atoms with Gasteiger partial charge in [-0.2, -0.15) is 0 Å². The first-order valence-electron chi connectivity index (χ1n) is 22.6. The van der Waals surface area contributed by atoms with Crippen LogP contribution in [-0.2, 0) is 35.3 Å². The van der Waals surface area contributed by atoms with Crippen LogP contribution in [0.2, 0.25) is 0 Å². The minimum atomic E-state index is -0.963. The van der Waals surface area contributed by atoms with Crippen molar-refractivity contribution in [3.63, 3.8) is 0 Å². The van der Waals surface area contributed by atoms with Gasteiger partial charge in [-0.1, -0.05) is 98.2 Å². The molecule has 2 N–H and O–H groups in total. The van der Waals surface area contributed by atoms with Crippen LogP contribution in [0.25, 0.3) is 0 Å². The fourth-order valence-corrected chi connectivity index (χ4v) is 13.7. The highest BCUT2D eigenvalue weighted by Gasteiger charge is 2.70. The number of hydrogen-bond acceptors (Lipinski definition) is 6. The number of carbonyl (C=O) groups is 4. The van der Waals surface area contributed by atoms with Gasteiger partial charge in [-0.25, -0.2) is 0 Å². The topological polar surface area (TPSA) is 119 Å². The van der Waals surface area contributed by atoms with Crippen LogP contribution >= 0.6 is 0 Å². The second-order valence-corrected chi connectivity index (χ2v) is 19.5. The molecular formula is C49H75NO7. The molecule has 6 fully saturated rings. The number of esters is 2. The number of fused-ring (bicyclic) bond motifs is 7. The Morgan fingerprint density at radius 1 is 0.877 bits per heavy atom. The van der Waals surface area contributed by atoms with Crippen molar-refractivity contribution in [2.24, 2.45) is 69.0 Å². The van der Waals surface area contributed by atoms with Crippen molar-refractivity contribution in [1.29, 1.82) is 0 Å². The largest absolute Gasteiger partial charge is 0.481 e. The molecule has 0 bridgehead atoms. The van der Waals surface area contributed by atoms with Gasteiger partial charge in [0.2, 0.25) is 5.91 Å². The molecule has 13 unspecified atom stereocenters. The highest BCUT2D eigenvalue weighted by molar-refractivity contribution is 5.84. The summed E-state index contributed by atoms with van der Waals surface area (Å²) in [6, 6.07) is 9.80.